The molecular weight excluding hydrogens is 422 g/mol. The number of halogens is 1. The summed E-state index contributed by atoms with van der Waals surface area (Å²) >= 11 is 6.43. The Balaban J connectivity index is 1.32. The average Bonchev–Trinajstić information content (AvgIpc) is 2.81. The van der Waals surface area contributed by atoms with Gasteiger partial charge in [-0.25, -0.2) is 9.97 Å². The predicted molar refractivity (Wildman–Crippen MR) is 127 cm³/mol. The van der Waals surface area contributed by atoms with E-state index in [0.29, 0.717) is 29.1 Å². The van der Waals surface area contributed by atoms with Crippen LogP contribution >= 0.6 is 11.6 Å². The summed E-state index contributed by atoms with van der Waals surface area (Å²) in [5.74, 6) is 0.926. The van der Waals surface area contributed by atoms with Crippen LogP contribution in [0.4, 0.5) is 5.69 Å². The summed E-state index contributed by atoms with van der Waals surface area (Å²) in [6, 6.07) is 15.8. The molecule has 3 aromatic rings. The van der Waals surface area contributed by atoms with Crippen molar-refractivity contribution in [2.75, 3.05) is 25.0 Å². The normalized spacial score (nSPS) is 14.9. The van der Waals surface area contributed by atoms with Gasteiger partial charge in [0.2, 0.25) is 5.88 Å². The number of fused-ring (bicyclic) bond motifs is 1. The van der Waals surface area contributed by atoms with E-state index in [1.807, 2.05) is 42.5 Å². The smallest absolute Gasteiger partial charge is 0.237 e. The number of anilines is 1. The number of aromatic nitrogens is 2. The molecule has 0 fully saturated rings. The van der Waals surface area contributed by atoms with Gasteiger partial charge in [-0.1, -0.05) is 37.6 Å². The first kappa shape index (κ1) is 22.1. The second-order valence-electron chi connectivity index (χ2n) is 8.19. The van der Waals surface area contributed by atoms with Crippen molar-refractivity contribution in [3.8, 4) is 23.1 Å². The number of hydrogen-bond acceptors (Lipinski definition) is 6. The van der Waals surface area contributed by atoms with Gasteiger partial charge >= 0.3 is 0 Å². The lowest BCUT2D eigenvalue weighted by Crippen LogP contribution is -2.40. The monoisotopic (exact) mass is 447 g/mol. The van der Waals surface area contributed by atoms with Gasteiger partial charge in [-0.15, -0.1) is 0 Å². The number of nitriles is 1. The average molecular weight is 448 g/mol. The summed E-state index contributed by atoms with van der Waals surface area (Å²) < 4.78 is 6.07. The second kappa shape index (κ2) is 9.99. The quantitative estimate of drug-likeness (QED) is 0.400. The van der Waals surface area contributed by atoms with E-state index < -0.39 is 0 Å². The third-order valence-electron chi connectivity index (χ3n) is 5.47. The molecule has 0 spiro atoms. The van der Waals surface area contributed by atoms with Crippen molar-refractivity contribution in [2.24, 2.45) is 0 Å². The van der Waals surface area contributed by atoms with Crippen LogP contribution in [0.1, 0.15) is 36.6 Å². The first-order valence-electron chi connectivity index (χ1n) is 10.8. The molecule has 0 radical (unpaired) electrons. The van der Waals surface area contributed by atoms with E-state index in [0.717, 1.165) is 42.0 Å². The van der Waals surface area contributed by atoms with Crippen molar-refractivity contribution in [1.29, 1.82) is 5.26 Å². The lowest BCUT2D eigenvalue weighted by molar-refractivity contribution is 0.194. The van der Waals surface area contributed by atoms with Gasteiger partial charge in [0.15, 0.2) is 0 Å². The fourth-order valence-electron chi connectivity index (χ4n) is 3.58. The molecule has 6 nitrogen and oxygen atoms in total. The summed E-state index contributed by atoms with van der Waals surface area (Å²) in [5, 5.41) is 16.2. The first-order chi connectivity index (χ1) is 15.5. The van der Waals surface area contributed by atoms with E-state index in [1.54, 1.807) is 6.20 Å². The molecule has 1 atom stereocenters. The van der Waals surface area contributed by atoms with Crippen LogP contribution in [-0.4, -0.2) is 35.7 Å². The topological polar surface area (TPSA) is 82.9 Å². The van der Waals surface area contributed by atoms with Gasteiger partial charge in [-0.3, -0.25) is 0 Å². The second-order valence-corrected chi connectivity index (χ2v) is 8.55. The Morgan fingerprint density at radius 3 is 2.78 bits per heavy atom. The standard InChI is InChI=1S/C25H26ClN5O/c1-16(2)22-8-7-21(24(26)31-22)19-11-23-25(30-13-19)32-20(15-29-23)14-28-10-9-17-3-5-18(12-27)6-4-17/h3-8,11,13,16,20,28-29H,9-10,14-15H2,1-2H3/t20-/m1/s1. The summed E-state index contributed by atoms with van der Waals surface area (Å²) in [7, 11) is 0. The van der Waals surface area contributed by atoms with Gasteiger partial charge in [0.25, 0.3) is 0 Å². The fraction of sp³-hybridized carbons (Fsp3) is 0.320. The lowest BCUT2D eigenvalue weighted by atomic mass is 10.1. The molecule has 4 rings (SSSR count). The Labute approximate surface area is 193 Å². The zero-order valence-electron chi connectivity index (χ0n) is 18.2. The van der Waals surface area contributed by atoms with Gasteiger partial charge in [-0.2, -0.15) is 5.26 Å². The molecule has 0 saturated heterocycles. The molecule has 1 aliphatic rings. The largest absolute Gasteiger partial charge is 0.470 e. The maximum Gasteiger partial charge on any atom is 0.237 e. The molecule has 0 saturated carbocycles. The van der Waals surface area contributed by atoms with Gasteiger partial charge in [0, 0.05) is 29.6 Å². The van der Waals surface area contributed by atoms with Crippen LogP contribution in [0.2, 0.25) is 5.15 Å². The van der Waals surface area contributed by atoms with Gasteiger partial charge in [0.1, 0.15) is 11.3 Å². The maximum absolute atomic E-state index is 8.87. The van der Waals surface area contributed by atoms with Crippen LogP contribution in [0.15, 0.2) is 48.7 Å². The van der Waals surface area contributed by atoms with E-state index in [-0.39, 0.29) is 6.10 Å². The minimum Gasteiger partial charge on any atom is -0.470 e. The molecule has 1 aliphatic heterocycles. The molecule has 164 valence electrons. The third kappa shape index (κ3) is 5.18. The first-order valence-corrected chi connectivity index (χ1v) is 11.2. The highest BCUT2D eigenvalue weighted by Crippen LogP contribution is 2.34. The number of benzene rings is 1. The molecule has 1 aromatic carbocycles. The Hall–Kier alpha value is -3.14. The number of nitrogens with one attached hydrogen (secondary N) is 2. The zero-order chi connectivity index (χ0) is 22.5. The highest BCUT2D eigenvalue weighted by molar-refractivity contribution is 6.32. The van der Waals surface area contributed by atoms with Crippen molar-refractivity contribution in [3.63, 3.8) is 0 Å². The van der Waals surface area contributed by atoms with E-state index in [2.05, 4.69) is 40.5 Å². The Bertz CT molecular complexity index is 1120. The number of rotatable bonds is 7. The fourth-order valence-corrected chi connectivity index (χ4v) is 3.85. The number of pyridine rings is 2. The minimum atomic E-state index is -0.00241. The summed E-state index contributed by atoms with van der Waals surface area (Å²) in [5.41, 5.74) is 5.49. The summed E-state index contributed by atoms with van der Waals surface area (Å²) in [4.78, 5) is 9.02. The summed E-state index contributed by atoms with van der Waals surface area (Å²) in [6.07, 6.45) is 2.67. The molecule has 7 heteroatoms. The predicted octanol–water partition coefficient (Wildman–Crippen LogP) is 4.80. The Kier molecular flexibility index (Phi) is 6.89. The van der Waals surface area contributed by atoms with E-state index in [1.165, 1.54) is 5.56 Å². The van der Waals surface area contributed by atoms with Gasteiger partial charge in [-0.05, 0) is 54.8 Å². The highest BCUT2D eigenvalue weighted by atomic mass is 35.5. The Morgan fingerprint density at radius 1 is 1.25 bits per heavy atom. The molecule has 32 heavy (non-hydrogen) atoms. The van der Waals surface area contributed by atoms with E-state index >= 15 is 0 Å². The maximum atomic E-state index is 8.87. The van der Waals surface area contributed by atoms with Crippen LogP contribution in [-0.2, 0) is 6.42 Å². The minimum absolute atomic E-state index is 0.00241. The van der Waals surface area contributed by atoms with Crippen LogP contribution in [0.5, 0.6) is 5.88 Å². The van der Waals surface area contributed by atoms with Crippen molar-refractivity contribution in [1.82, 2.24) is 15.3 Å². The number of hydrogen-bond donors (Lipinski definition) is 2. The zero-order valence-corrected chi connectivity index (χ0v) is 19.0. The van der Waals surface area contributed by atoms with Crippen LogP contribution in [0.25, 0.3) is 11.1 Å². The van der Waals surface area contributed by atoms with Gasteiger partial charge < -0.3 is 15.4 Å². The molecule has 2 aromatic heterocycles. The van der Waals surface area contributed by atoms with Gasteiger partial charge in [0.05, 0.1) is 23.9 Å². The van der Waals surface area contributed by atoms with Crippen molar-refractivity contribution >= 4 is 17.3 Å². The van der Waals surface area contributed by atoms with Crippen molar-refractivity contribution < 1.29 is 4.74 Å². The lowest BCUT2D eigenvalue weighted by Gasteiger charge is -2.27. The summed E-state index contributed by atoms with van der Waals surface area (Å²) in [6.45, 7) is 6.44. The Morgan fingerprint density at radius 2 is 2.06 bits per heavy atom. The highest BCUT2D eigenvalue weighted by Gasteiger charge is 2.21. The molecular formula is C25H26ClN5O. The molecule has 0 aliphatic carbocycles. The molecule has 0 unspecified atom stereocenters. The SMILES string of the molecule is CC(C)c1ccc(-c2cnc3c(c2)NC[C@@H](CNCCc2ccc(C#N)cc2)O3)c(Cl)n1. The number of ether oxygens (including phenoxy) is 1. The van der Waals surface area contributed by atoms with Crippen molar-refractivity contribution in [3.05, 3.63) is 70.6 Å². The van der Waals surface area contributed by atoms with Crippen LogP contribution < -0.4 is 15.4 Å². The third-order valence-corrected chi connectivity index (χ3v) is 5.76. The number of nitrogens with zero attached hydrogens (tertiary/aromatic N) is 3. The van der Waals surface area contributed by atoms with E-state index in [4.69, 9.17) is 21.6 Å². The molecule has 0 bridgehead atoms. The van der Waals surface area contributed by atoms with Crippen LogP contribution in [0.3, 0.4) is 0 Å². The molecule has 3 heterocycles. The van der Waals surface area contributed by atoms with Crippen LogP contribution in [0, 0.1) is 11.3 Å². The molecule has 0 amide bonds. The van der Waals surface area contributed by atoms with E-state index in [9.17, 15) is 0 Å². The molecule has 2 N–H and O–H groups in total. The van der Waals surface area contributed by atoms with Crippen molar-refractivity contribution in [2.45, 2.75) is 32.3 Å².